The largest absolute Gasteiger partial charge is 0.489 e. The number of fused-ring (bicyclic) bond motifs is 7. The Kier molecular flexibility index (Phi) is 18.3. The second-order valence-corrected chi connectivity index (χ2v) is 32.5. The summed E-state index contributed by atoms with van der Waals surface area (Å²) >= 11 is 0. The minimum atomic E-state index is -2.72. The van der Waals surface area contributed by atoms with E-state index in [0.717, 1.165) is 0 Å². The van der Waals surface area contributed by atoms with Crippen molar-refractivity contribution in [2.45, 2.75) is 225 Å². The molecule has 2 aliphatic heterocycles. The van der Waals surface area contributed by atoms with Gasteiger partial charge in [-0.05, 0) is 107 Å². The van der Waals surface area contributed by atoms with Crippen LogP contribution in [0.2, 0.25) is 36.3 Å². The lowest BCUT2D eigenvalue weighted by molar-refractivity contribution is -0.344. The number of allylic oxidation sites excluding steroid dienone is 1. The Balaban J connectivity index is 1.71. The van der Waals surface area contributed by atoms with E-state index >= 15 is 14.4 Å². The lowest BCUT2D eigenvalue weighted by Crippen LogP contribution is -2.82. The van der Waals surface area contributed by atoms with Crippen LogP contribution in [-0.4, -0.2) is 130 Å². The molecular weight excluding hydrogens is 999 g/mol. The van der Waals surface area contributed by atoms with Gasteiger partial charge in [0.25, 0.3) is 0 Å². The van der Waals surface area contributed by atoms with Crippen molar-refractivity contribution >= 4 is 52.4 Å². The third-order valence-electron chi connectivity index (χ3n) is 17.6. The Labute approximate surface area is 446 Å². The van der Waals surface area contributed by atoms with E-state index in [1.807, 2.05) is 26.8 Å². The van der Waals surface area contributed by atoms with Gasteiger partial charge in [-0.15, -0.1) is 0 Å². The van der Waals surface area contributed by atoms with E-state index in [1.165, 1.54) is 19.9 Å². The van der Waals surface area contributed by atoms with Gasteiger partial charge in [0, 0.05) is 32.1 Å². The minimum Gasteiger partial charge on any atom is -0.489 e. The van der Waals surface area contributed by atoms with E-state index in [2.05, 4.69) is 26.1 Å². The molecule has 0 spiro atoms. The third kappa shape index (κ3) is 11.3. The van der Waals surface area contributed by atoms with Gasteiger partial charge >= 0.3 is 30.0 Å². The molecule has 2 heterocycles. The van der Waals surface area contributed by atoms with Crippen LogP contribution in [0.25, 0.3) is 0 Å². The van der Waals surface area contributed by atoms with Crippen molar-refractivity contribution in [3.05, 3.63) is 53.1 Å². The first-order chi connectivity index (χ1) is 35.1. The molecule has 5 aliphatic rings. The SMILES string of the molecule is CC[Si](CC)(CC)O[C@H]1C[C@H]2OC[C@@]2(OC(C)=O)[C@H]2[C@@H]3OC(=O)c4ccccc4OC/C=C/CC[C@H](NC(=O)OC(C)(C)C)[C@@H](O[Si](CC)(CC)CC)C(=O)O[C@H]4C[C@]3(O)C(C)(C)C(=C4C)[C@@H](OC(C)=O)C(=O)[C@]12C. The molecule has 17 nitrogen and oxygen atoms in total. The number of para-hydroxylation sites is 1. The second kappa shape index (κ2) is 22.9. The van der Waals surface area contributed by atoms with Crippen LogP contribution in [0.1, 0.15) is 140 Å². The first kappa shape index (κ1) is 59.8. The zero-order valence-electron chi connectivity index (χ0n) is 47.1. The first-order valence-electron chi connectivity index (χ1n) is 27.2. The predicted octanol–water partition coefficient (Wildman–Crippen LogP) is 9.25. The molecule has 3 bridgehead atoms. The highest BCUT2D eigenvalue weighted by Crippen LogP contribution is 2.65. The molecule has 3 fully saturated rings. The quantitative estimate of drug-likeness (QED) is 0.0814. The fourth-order valence-electron chi connectivity index (χ4n) is 12.8. The van der Waals surface area contributed by atoms with Crippen molar-refractivity contribution in [2.24, 2.45) is 16.7 Å². The summed E-state index contributed by atoms with van der Waals surface area (Å²) < 4.78 is 59.1. The van der Waals surface area contributed by atoms with Gasteiger partial charge < -0.3 is 52.4 Å². The highest BCUT2D eigenvalue weighted by atomic mass is 28.4. The zero-order chi connectivity index (χ0) is 55.7. The Morgan fingerprint density at radius 1 is 0.853 bits per heavy atom. The molecule has 1 aromatic rings. The number of esters is 4. The van der Waals surface area contributed by atoms with Crippen LogP contribution < -0.4 is 10.1 Å². The van der Waals surface area contributed by atoms with Gasteiger partial charge in [-0.1, -0.05) is 79.7 Å². The molecule has 75 heavy (non-hydrogen) atoms. The smallest absolute Gasteiger partial charge is 0.407 e. The van der Waals surface area contributed by atoms with Crippen LogP contribution in [0.15, 0.2) is 47.6 Å². The molecule has 0 radical (unpaired) electrons. The van der Waals surface area contributed by atoms with Crippen molar-refractivity contribution < 1.29 is 75.9 Å². The highest BCUT2D eigenvalue weighted by molar-refractivity contribution is 6.74. The number of alkyl carbamates (subject to hydrolysis) is 1. The van der Waals surface area contributed by atoms with Gasteiger partial charge in [-0.2, -0.15) is 0 Å². The number of carbonyl (C=O) groups excluding carboxylic acids is 6. The molecule has 2 saturated carbocycles. The maximum Gasteiger partial charge on any atom is 0.407 e. The Bertz CT molecular complexity index is 2360. The average molecular weight is 1080 g/mol. The number of nitrogens with one attached hydrogen (secondary N) is 1. The summed E-state index contributed by atoms with van der Waals surface area (Å²) in [5.74, 6) is -5.21. The summed E-state index contributed by atoms with van der Waals surface area (Å²) in [6.45, 7) is 26.3. The van der Waals surface area contributed by atoms with Gasteiger partial charge in [0.1, 0.15) is 47.4 Å². The molecule has 1 amide bonds. The van der Waals surface area contributed by atoms with Crippen LogP contribution in [-0.2, 0) is 56.5 Å². The predicted molar refractivity (Wildman–Crippen MR) is 284 cm³/mol. The molecule has 1 saturated heterocycles. The molecule has 11 atom stereocenters. The fraction of sp³-hybridized carbons (Fsp3) is 0.714. The van der Waals surface area contributed by atoms with Crippen molar-refractivity contribution in [2.75, 3.05) is 13.2 Å². The third-order valence-corrected chi connectivity index (χ3v) is 26.9. The number of Topliss-reactive ketones (excluding diaryl/α,β-unsaturated/α-hetero) is 1. The van der Waals surface area contributed by atoms with Gasteiger partial charge in [0.15, 0.2) is 40.2 Å². The fourth-order valence-corrected chi connectivity index (χ4v) is 18.5. The Morgan fingerprint density at radius 3 is 2.03 bits per heavy atom. The van der Waals surface area contributed by atoms with Crippen LogP contribution in [0.3, 0.4) is 0 Å². The number of hydrogen-bond acceptors (Lipinski definition) is 16. The van der Waals surface area contributed by atoms with Crippen LogP contribution in [0, 0.1) is 16.7 Å². The van der Waals surface area contributed by atoms with E-state index in [0.29, 0.717) is 48.3 Å². The average Bonchev–Trinajstić information content (AvgIpc) is 3.34. The summed E-state index contributed by atoms with van der Waals surface area (Å²) in [7, 11) is -5.39. The van der Waals surface area contributed by atoms with Gasteiger partial charge in [0.05, 0.1) is 30.1 Å². The Hall–Kier alpha value is -4.41. The number of rotatable bonds is 13. The normalized spacial score (nSPS) is 32.7. The van der Waals surface area contributed by atoms with E-state index in [4.69, 9.17) is 42.0 Å². The van der Waals surface area contributed by atoms with Gasteiger partial charge in [0.2, 0.25) is 0 Å². The Morgan fingerprint density at radius 2 is 1.47 bits per heavy atom. The lowest BCUT2D eigenvalue weighted by Gasteiger charge is -2.68. The molecule has 0 unspecified atom stereocenters. The number of amides is 1. The molecule has 1 aromatic carbocycles. The minimum absolute atomic E-state index is 0.00171. The number of aliphatic hydroxyl groups is 1. The van der Waals surface area contributed by atoms with Crippen molar-refractivity contribution in [3.8, 4) is 5.75 Å². The summed E-state index contributed by atoms with van der Waals surface area (Å²) in [5.41, 5.74) is -7.98. The number of benzene rings is 1. The molecule has 418 valence electrons. The van der Waals surface area contributed by atoms with E-state index in [9.17, 15) is 19.5 Å². The summed E-state index contributed by atoms with van der Waals surface area (Å²) in [5, 5.41) is 17.4. The monoisotopic (exact) mass is 1080 g/mol. The first-order valence-corrected chi connectivity index (χ1v) is 32.3. The molecular formula is C56H85NO16Si2. The number of ether oxygens (including phenoxy) is 7. The molecule has 3 aliphatic carbocycles. The van der Waals surface area contributed by atoms with E-state index in [1.54, 1.807) is 72.7 Å². The van der Waals surface area contributed by atoms with Crippen LogP contribution in [0.4, 0.5) is 4.79 Å². The summed E-state index contributed by atoms with van der Waals surface area (Å²) in [6.07, 6.45) is -5.16. The standard InChI is InChI=1S/C56H85NO16Si2/c1-16-74(17-2,18-3)72-41-31-42-55(33-66-42,70-36(9)59)46-48-56(64)32-40(34(7)43(53(56,13)14)45(67-35(8)58)47(60)54(41,46)15)68-50(62)44(73-75(19-4,20-5)21-6)38(57-51(63)71-52(10,11)12)28-23-22-26-30-65-39-29-25-24-27-37(39)49(61)69-48/h22,24-27,29,38,40-42,44-46,48,64H,16-21,23,28,30-33H2,1-15H3,(H,57,63)/b26-22+/t38-,40-,41-,42+,44+,45+,46-,48-,54+,55-,56+/m0/s1. The van der Waals surface area contributed by atoms with E-state index < -0.39 is 135 Å². The maximum atomic E-state index is 16.6. The molecule has 19 heteroatoms. The molecule has 0 aromatic heterocycles. The van der Waals surface area contributed by atoms with Gasteiger partial charge in [-0.25, -0.2) is 14.4 Å². The maximum absolute atomic E-state index is 16.6. The number of hydrogen-bond donors (Lipinski definition) is 2. The summed E-state index contributed by atoms with van der Waals surface area (Å²) in [6, 6.07) is 9.50. The number of carbonyl (C=O) groups is 6. The zero-order valence-corrected chi connectivity index (χ0v) is 49.1. The van der Waals surface area contributed by atoms with E-state index in [-0.39, 0.29) is 42.9 Å². The van der Waals surface area contributed by atoms with Crippen molar-refractivity contribution in [3.63, 3.8) is 0 Å². The van der Waals surface area contributed by atoms with Crippen LogP contribution in [0.5, 0.6) is 5.75 Å². The molecule has 2 N–H and O–H groups in total. The highest BCUT2D eigenvalue weighted by Gasteiger charge is 2.79. The second-order valence-electron chi connectivity index (χ2n) is 23.0. The molecule has 6 rings (SSSR count). The topological polar surface area (TPSA) is 218 Å². The van der Waals surface area contributed by atoms with Crippen molar-refractivity contribution in [1.82, 2.24) is 5.32 Å². The van der Waals surface area contributed by atoms with Crippen molar-refractivity contribution in [1.29, 1.82) is 0 Å². The lowest BCUT2D eigenvalue weighted by atomic mass is 9.44. The number of ketones is 1. The van der Waals surface area contributed by atoms with Crippen LogP contribution >= 0.6 is 0 Å². The summed E-state index contributed by atoms with van der Waals surface area (Å²) in [4.78, 5) is 88.4. The van der Waals surface area contributed by atoms with Gasteiger partial charge in [-0.3, -0.25) is 14.4 Å².